The molecule has 0 aliphatic carbocycles. The second-order valence-corrected chi connectivity index (χ2v) is 4.98. The van der Waals surface area contributed by atoms with Gasteiger partial charge in [0.15, 0.2) is 0 Å². The molecule has 1 fully saturated rings. The molecule has 0 unspecified atom stereocenters. The smallest absolute Gasteiger partial charge is 0.150 e. The fourth-order valence-electron chi connectivity index (χ4n) is 2.72. The van der Waals surface area contributed by atoms with E-state index in [9.17, 15) is 4.79 Å². The van der Waals surface area contributed by atoms with Crippen LogP contribution in [0.5, 0.6) is 0 Å². The number of nitrogens with zero attached hydrogens (tertiary/aromatic N) is 1. The summed E-state index contributed by atoms with van der Waals surface area (Å²) < 4.78 is 0. The molecule has 4 heteroatoms. The minimum atomic E-state index is 0.478. The van der Waals surface area contributed by atoms with E-state index in [-0.39, 0.29) is 0 Å². The Balaban J connectivity index is 1.96. The second kappa shape index (κ2) is 5.36. The zero-order valence-electron chi connectivity index (χ0n) is 10.7. The molecule has 3 rings (SSSR count). The third-order valence-corrected chi connectivity index (χ3v) is 3.71. The molecule has 1 aromatic heterocycles. The van der Waals surface area contributed by atoms with Crippen LogP contribution in [0, 0.1) is 0 Å². The van der Waals surface area contributed by atoms with Crippen LogP contribution in [0.2, 0.25) is 0 Å². The number of piperidine rings is 1. The van der Waals surface area contributed by atoms with Crippen LogP contribution in [0.3, 0.4) is 0 Å². The molecular weight excluding hydrogens is 238 g/mol. The molecule has 0 radical (unpaired) electrons. The summed E-state index contributed by atoms with van der Waals surface area (Å²) in [6.07, 6.45) is 5.10. The second-order valence-electron chi connectivity index (χ2n) is 4.98. The lowest BCUT2D eigenvalue weighted by molar-refractivity contribution is 0.112. The van der Waals surface area contributed by atoms with Gasteiger partial charge in [-0.1, -0.05) is 18.2 Å². The highest BCUT2D eigenvalue weighted by atomic mass is 16.1. The molecule has 0 bridgehead atoms. The normalized spacial score (nSPS) is 19.3. The predicted molar refractivity (Wildman–Crippen MR) is 74.3 cm³/mol. The van der Waals surface area contributed by atoms with Crippen LogP contribution in [0.15, 0.2) is 30.5 Å². The molecule has 0 spiro atoms. The Bertz CT molecular complexity index is 570. The van der Waals surface area contributed by atoms with Crippen LogP contribution < -0.4 is 5.32 Å². The van der Waals surface area contributed by atoms with Crippen LogP contribution >= 0.6 is 0 Å². The van der Waals surface area contributed by atoms with E-state index in [0.29, 0.717) is 11.5 Å². The van der Waals surface area contributed by atoms with Gasteiger partial charge in [0.05, 0.1) is 6.20 Å². The monoisotopic (exact) mass is 255 g/mol. The summed E-state index contributed by atoms with van der Waals surface area (Å²) >= 11 is 0. The summed E-state index contributed by atoms with van der Waals surface area (Å²) in [4.78, 5) is 10.9. The van der Waals surface area contributed by atoms with E-state index in [1.807, 2.05) is 30.5 Å². The van der Waals surface area contributed by atoms with E-state index in [1.165, 1.54) is 18.5 Å². The summed E-state index contributed by atoms with van der Waals surface area (Å²) in [7, 11) is 0. The van der Waals surface area contributed by atoms with E-state index in [0.717, 1.165) is 30.5 Å². The third kappa shape index (κ3) is 2.44. The van der Waals surface area contributed by atoms with Gasteiger partial charge in [-0.15, -0.1) is 0 Å². The molecule has 1 aliphatic rings. The van der Waals surface area contributed by atoms with Crippen molar-refractivity contribution in [3.63, 3.8) is 0 Å². The molecule has 2 aromatic rings. The highest BCUT2D eigenvalue weighted by Gasteiger charge is 2.20. The lowest BCUT2D eigenvalue weighted by Crippen LogP contribution is -2.28. The number of carbonyl (C=O) groups excluding carboxylic acids is 1. The molecule has 19 heavy (non-hydrogen) atoms. The first-order valence-electron chi connectivity index (χ1n) is 6.68. The number of benzene rings is 1. The SMILES string of the molecule is O=Cc1cccc(-c2cn[nH]c2[C@@H]2CCCNC2)c1. The van der Waals surface area contributed by atoms with Gasteiger partial charge in [0.1, 0.15) is 6.29 Å². The van der Waals surface area contributed by atoms with Crippen LogP contribution in [-0.4, -0.2) is 29.6 Å². The summed E-state index contributed by atoms with van der Waals surface area (Å²) in [5.41, 5.74) is 4.04. The van der Waals surface area contributed by atoms with E-state index < -0.39 is 0 Å². The molecule has 98 valence electrons. The molecule has 1 atom stereocenters. The number of hydrogen-bond donors (Lipinski definition) is 2. The zero-order valence-corrected chi connectivity index (χ0v) is 10.7. The van der Waals surface area contributed by atoms with Gasteiger partial charge in [0, 0.05) is 29.3 Å². The molecule has 2 heterocycles. The molecular formula is C15H17N3O. The standard InChI is InChI=1S/C15H17N3O/c19-10-11-3-1-4-12(7-11)14-9-17-18-15(14)13-5-2-6-16-8-13/h1,3-4,7,9-10,13,16H,2,5-6,8H2,(H,17,18)/t13-/m1/s1. The van der Waals surface area contributed by atoms with E-state index in [2.05, 4.69) is 15.5 Å². The molecule has 1 aliphatic heterocycles. The maximum absolute atomic E-state index is 10.9. The Kier molecular flexibility index (Phi) is 3.42. The van der Waals surface area contributed by atoms with Gasteiger partial charge in [-0.05, 0) is 31.0 Å². The predicted octanol–water partition coefficient (Wildman–Crippen LogP) is 2.36. The van der Waals surface area contributed by atoms with Crippen LogP contribution in [0.1, 0.15) is 34.8 Å². The Morgan fingerprint density at radius 3 is 3.11 bits per heavy atom. The first kappa shape index (κ1) is 12.1. The van der Waals surface area contributed by atoms with Crippen molar-refractivity contribution in [3.05, 3.63) is 41.7 Å². The minimum Gasteiger partial charge on any atom is -0.316 e. The Hall–Kier alpha value is -1.94. The Morgan fingerprint density at radius 1 is 1.37 bits per heavy atom. The van der Waals surface area contributed by atoms with Crippen LogP contribution in [0.25, 0.3) is 11.1 Å². The van der Waals surface area contributed by atoms with E-state index in [1.54, 1.807) is 0 Å². The summed E-state index contributed by atoms with van der Waals surface area (Å²) in [6, 6.07) is 7.67. The number of H-pyrrole nitrogens is 1. The molecule has 0 amide bonds. The first-order valence-corrected chi connectivity index (χ1v) is 6.68. The average molecular weight is 255 g/mol. The van der Waals surface area contributed by atoms with E-state index >= 15 is 0 Å². The number of rotatable bonds is 3. The Morgan fingerprint density at radius 2 is 2.32 bits per heavy atom. The van der Waals surface area contributed by atoms with Crippen molar-refractivity contribution in [2.45, 2.75) is 18.8 Å². The molecule has 4 nitrogen and oxygen atoms in total. The average Bonchev–Trinajstić information content (AvgIpc) is 2.98. The van der Waals surface area contributed by atoms with Gasteiger partial charge in [-0.25, -0.2) is 0 Å². The van der Waals surface area contributed by atoms with E-state index in [4.69, 9.17) is 0 Å². The van der Waals surface area contributed by atoms with Crippen molar-refractivity contribution in [3.8, 4) is 11.1 Å². The lowest BCUT2D eigenvalue weighted by atomic mass is 9.91. The number of nitrogens with one attached hydrogen (secondary N) is 2. The summed E-state index contributed by atoms with van der Waals surface area (Å²) in [5, 5.41) is 10.7. The number of hydrogen-bond acceptors (Lipinski definition) is 3. The minimum absolute atomic E-state index is 0.478. The zero-order chi connectivity index (χ0) is 13.1. The maximum atomic E-state index is 10.9. The first-order chi connectivity index (χ1) is 9.38. The highest BCUT2D eigenvalue weighted by molar-refractivity contribution is 5.79. The van der Waals surface area contributed by atoms with Gasteiger partial charge in [0.2, 0.25) is 0 Å². The fourth-order valence-corrected chi connectivity index (χ4v) is 2.72. The third-order valence-electron chi connectivity index (χ3n) is 3.71. The van der Waals surface area contributed by atoms with Crippen molar-refractivity contribution in [2.24, 2.45) is 0 Å². The van der Waals surface area contributed by atoms with Gasteiger partial charge in [-0.2, -0.15) is 5.10 Å². The van der Waals surface area contributed by atoms with Gasteiger partial charge in [0.25, 0.3) is 0 Å². The number of aromatic nitrogens is 2. The highest BCUT2D eigenvalue weighted by Crippen LogP contribution is 2.31. The number of aldehydes is 1. The van der Waals surface area contributed by atoms with Crippen LogP contribution in [0.4, 0.5) is 0 Å². The number of aromatic amines is 1. The van der Waals surface area contributed by atoms with Crippen molar-refractivity contribution in [1.82, 2.24) is 15.5 Å². The molecule has 2 N–H and O–H groups in total. The molecule has 1 saturated heterocycles. The number of carbonyl (C=O) groups is 1. The van der Waals surface area contributed by atoms with Gasteiger partial charge in [-0.3, -0.25) is 9.89 Å². The van der Waals surface area contributed by atoms with Crippen molar-refractivity contribution in [2.75, 3.05) is 13.1 Å². The summed E-state index contributed by atoms with van der Waals surface area (Å²) in [5.74, 6) is 0.478. The Labute approximate surface area is 112 Å². The quantitative estimate of drug-likeness (QED) is 0.828. The maximum Gasteiger partial charge on any atom is 0.150 e. The van der Waals surface area contributed by atoms with Crippen molar-refractivity contribution < 1.29 is 4.79 Å². The fraction of sp³-hybridized carbons (Fsp3) is 0.333. The van der Waals surface area contributed by atoms with Crippen molar-refractivity contribution >= 4 is 6.29 Å². The topological polar surface area (TPSA) is 57.8 Å². The molecule has 1 aromatic carbocycles. The van der Waals surface area contributed by atoms with Crippen molar-refractivity contribution in [1.29, 1.82) is 0 Å². The largest absolute Gasteiger partial charge is 0.316 e. The van der Waals surface area contributed by atoms with Gasteiger partial charge < -0.3 is 5.32 Å². The molecule has 0 saturated carbocycles. The lowest BCUT2D eigenvalue weighted by Gasteiger charge is -2.22. The van der Waals surface area contributed by atoms with Gasteiger partial charge >= 0.3 is 0 Å². The summed E-state index contributed by atoms with van der Waals surface area (Å²) in [6.45, 7) is 2.09. The van der Waals surface area contributed by atoms with Crippen LogP contribution in [-0.2, 0) is 0 Å².